The lowest BCUT2D eigenvalue weighted by Gasteiger charge is -2.37. The molecule has 18 heteroatoms. The SMILES string of the molecule is CC(C)(ON=C(C(=O)NC1C(=O)NC1CNC(=O)c1cc(-c2cc(=O)c(O)c[nH]2)on1)c1csc(N)n1)C(=O)O. The number of aromatic nitrogens is 3. The number of pyridine rings is 1. The van der Waals surface area contributed by atoms with Crippen LogP contribution in [0.25, 0.3) is 11.5 Å². The third kappa shape index (κ3) is 5.90. The average molecular weight is 575 g/mol. The molecule has 4 rings (SSSR count). The highest BCUT2D eigenvalue weighted by molar-refractivity contribution is 7.13. The number of thiazole rings is 1. The Kier molecular flexibility index (Phi) is 7.53. The van der Waals surface area contributed by atoms with Crippen molar-refractivity contribution in [2.24, 2.45) is 5.16 Å². The van der Waals surface area contributed by atoms with E-state index in [0.717, 1.165) is 23.6 Å². The molecule has 40 heavy (non-hydrogen) atoms. The molecule has 210 valence electrons. The number of hydrogen-bond donors (Lipinski definition) is 7. The number of H-pyrrole nitrogens is 1. The summed E-state index contributed by atoms with van der Waals surface area (Å²) in [7, 11) is 0. The number of aromatic amines is 1. The van der Waals surface area contributed by atoms with E-state index >= 15 is 0 Å². The third-order valence-electron chi connectivity index (χ3n) is 5.54. The Morgan fingerprint density at radius 3 is 2.65 bits per heavy atom. The predicted molar refractivity (Wildman–Crippen MR) is 136 cm³/mol. The summed E-state index contributed by atoms with van der Waals surface area (Å²) in [6.07, 6.45) is 1.06. The van der Waals surface area contributed by atoms with Crippen LogP contribution in [0.5, 0.6) is 5.75 Å². The number of carbonyl (C=O) groups excluding carboxylic acids is 3. The zero-order valence-corrected chi connectivity index (χ0v) is 21.6. The monoisotopic (exact) mass is 574 g/mol. The number of carboxylic acids is 1. The fraction of sp³-hybridized carbons (Fsp3) is 0.273. The molecule has 0 bridgehead atoms. The van der Waals surface area contributed by atoms with E-state index in [4.69, 9.17) is 15.1 Å². The van der Waals surface area contributed by atoms with Crippen LogP contribution in [0.1, 0.15) is 30.0 Å². The largest absolute Gasteiger partial charge is 0.503 e. The minimum Gasteiger partial charge on any atom is -0.503 e. The number of oxime groups is 1. The predicted octanol–water partition coefficient (Wildman–Crippen LogP) is -1.23. The van der Waals surface area contributed by atoms with E-state index in [1.807, 2.05) is 0 Å². The number of hydrogen-bond acceptors (Lipinski definition) is 13. The van der Waals surface area contributed by atoms with Crippen molar-refractivity contribution in [3.63, 3.8) is 0 Å². The summed E-state index contributed by atoms with van der Waals surface area (Å²) in [6, 6.07) is 0.520. The molecule has 17 nitrogen and oxygen atoms in total. The number of nitrogens with two attached hydrogens (primary N) is 1. The van der Waals surface area contributed by atoms with Crippen LogP contribution in [0.15, 0.2) is 38.2 Å². The van der Waals surface area contributed by atoms with Crippen molar-refractivity contribution >= 4 is 45.9 Å². The van der Waals surface area contributed by atoms with Gasteiger partial charge >= 0.3 is 5.97 Å². The number of rotatable bonds is 10. The van der Waals surface area contributed by atoms with Gasteiger partial charge in [-0.05, 0) is 13.8 Å². The van der Waals surface area contributed by atoms with Gasteiger partial charge in [0.25, 0.3) is 11.8 Å². The van der Waals surface area contributed by atoms with E-state index in [9.17, 15) is 34.2 Å². The molecule has 0 radical (unpaired) electrons. The van der Waals surface area contributed by atoms with Gasteiger partial charge in [-0.1, -0.05) is 10.3 Å². The molecule has 1 saturated heterocycles. The molecule has 8 N–H and O–H groups in total. The lowest BCUT2D eigenvalue weighted by atomic mass is 9.98. The number of nitrogen functional groups attached to an aromatic ring is 1. The second-order valence-electron chi connectivity index (χ2n) is 8.87. The van der Waals surface area contributed by atoms with Gasteiger partial charge in [-0.2, -0.15) is 0 Å². The highest BCUT2D eigenvalue weighted by Crippen LogP contribution is 2.18. The molecule has 0 aromatic carbocycles. The van der Waals surface area contributed by atoms with Crippen molar-refractivity contribution in [3.05, 3.63) is 45.3 Å². The van der Waals surface area contributed by atoms with Gasteiger partial charge in [0.15, 0.2) is 28.0 Å². The quantitative estimate of drug-likeness (QED) is 0.0852. The van der Waals surface area contributed by atoms with Crippen LogP contribution >= 0.6 is 11.3 Å². The van der Waals surface area contributed by atoms with Crippen LogP contribution in [0.3, 0.4) is 0 Å². The molecule has 0 spiro atoms. The van der Waals surface area contributed by atoms with Crippen LogP contribution in [0, 0.1) is 0 Å². The van der Waals surface area contributed by atoms with Crippen LogP contribution in [0.2, 0.25) is 0 Å². The van der Waals surface area contributed by atoms with Gasteiger partial charge in [-0.3, -0.25) is 19.2 Å². The molecule has 0 saturated carbocycles. The molecule has 3 aromatic heterocycles. The zero-order chi connectivity index (χ0) is 29.2. The van der Waals surface area contributed by atoms with E-state index in [0.29, 0.717) is 0 Å². The van der Waals surface area contributed by atoms with Crippen LogP contribution < -0.4 is 27.1 Å². The Labute approximate surface area is 227 Å². The Hall–Kier alpha value is -5.26. The van der Waals surface area contributed by atoms with Crippen LogP contribution in [-0.4, -0.2) is 79.0 Å². The summed E-state index contributed by atoms with van der Waals surface area (Å²) in [5.74, 6) is -3.88. The lowest BCUT2D eigenvalue weighted by molar-refractivity contribution is -0.161. The number of anilines is 1. The smallest absolute Gasteiger partial charge is 0.350 e. The summed E-state index contributed by atoms with van der Waals surface area (Å²) >= 11 is 1.01. The summed E-state index contributed by atoms with van der Waals surface area (Å²) in [5, 5.41) is 35.0. The van der Waals surface area contributed by atoms with Gasteiger partial charge in [0.05, 0.1) is 11.7 Å². The van der Waals surface area contributed by atoms with Crippen molar-refractivity contribution in [1.29, 1.82) is 0 Å². The minimum atomic E-state index is -1.77. The molecule has 2 atom stereocenters. The number of carboxylic acid groups (broad SMARTS) is 1. The molecular weight excluding hydrogens is 552 g/mol. The second kappa shape index (κ2) is 10.8. The molecule has 4 heterocycles. The van der Waals surface area contributed by atoms with Crippen LogP contribution in [-0.2, 0) is 19.2 Å². The molecule has 1 aliphatic heterocycles. The highest BCUT2D eigenvalue weighted by Gasteiger charge is 2.41. The summed E-state index contributed by atoms with van der Waals surface area (Å²) in [4.78, 5) is 72.3. The van der Waals surface area contributed by atoms with Gasteiger partial charge < -0.3 is 46.2 Å². The van der Waals surface area contributed by atoms with Crippen molar-refractivity contribution < 1.29 is 38.8 Å². The fourth-order valence-corrected chi connectivity index (χ4v) is 3.74. The van der Waals surface area contributed by atoms with Crippen molar-refractivity contribution in [3.8, 4) is 17.2 Å². The highest BCUT2D eigenvalue weighted by atomic mass is 32.1. The van der Waals surface area contributed by atoms with E-state index in [2.05, 4.69) is 36.2 Å². The van der Waals surface area contributed by atoms with E-state index in [1.165, 1.54) is 25.3 Å². The van der Waals surface area contributed by atoms with Crippen molar-refractivity contribution in [1.82, 2.24) is 31.1 Å². The molecule has 1 aliphatic rings. The molecule has 1 fully saturated rings. The Morgan fingerprint density at radius 1 is 1.27 bits per heavy atom. The lowest BCUT2D eigenvalue weighted by Crippen LogP contribution is -2.72. The van der Waals surface area contributed by atoms with E-state index in [-0.39, 0.29) is 34.5 Å². The van der Waals surface area contributed by atoms with Crippen molar-refractivity contribution in [2.75, 3.05) is 12.3 Å². The first-order chi connectivity index (χ1) is 18.9. The molecular formula is C22H22N8O9S. The Morgan fingerprint density at radius 2 is 2.02 bits per heavy atom. The first-order valence-electron chi connectivity index (χ1n) is 11.3. The van der Waals surface area contributed by atoms with Gasteiger partial charge in [0.2, 0.25) is 16.9 Å². The maximum absolute atomic E-state index is 13.0. The number of aliphatic carboxylic acids is 1. The number of β-lactam (4-membered cyclic amide) rings is 1. The van der Waals surface area contributed by atoms with Gasteiger partial charge in [-0.25, -0.2) is 9.78 Å². The topological polar surface area (TPSA) is 264 Å². The maximum atomic E-state index is 13.0. The number of nitrogens with one attached hydrogen (secondary N) is 4. The first-order valence-corrected chi connectivity index (χ1v) is 12.2. The summed E-state index contributed by atoms with van der Waals surface area (Å²) in [6.45, 7) is 2.33. The minimum absolute atomic E-state index is 0.00239. The Bertz CT molecular complexity index is 1570. The first kappa shape index (κ1) is 27.8. The average Bonchev–Trinajstić information content (AvgIpc) is 3.56. The van der Waals surface area contributed by atoms with Gasteiger partial charge in [0.1, 0.15) is 11.7 Å². The number of amides is 3. The summed E-state index contributed by atoms with van der Waals surface area (Å²) in [5.41, 5.74) is 2.84. The number of carbonyl (C=O) groups is 4. The van der Waals surface area contributed by atoms with Gasteiger partial charge in [0, 0.05) is 30.3 Å². The number of aromatic hydroxyl groups is 1. The number of nitrogens with zero attached hydrogens (tertiary/aromatic N) is 3. The zero-order valence-electron chi connectivity index (χ0n) is 20.8. The third-order valence-corrected chi connectivity index (χ3v) is 6.22. The van der Waals surface area contributed by atoms with Crippen LogP contribution in [0.4, 0.5) is 5.13 Å². The molecule has 3 aromatic rings. The maximum Gasteiger partial charge on any atom is 0.350 e. The van der Waals surface area contributed by atoms with E-state index in [1.54, 1.807) is 0 Å². The normalized spacial score (nSPS) is 16.9. The van der Waals surface area contributed by atoms with Crippen molar-refractivity contribution in [2.45, 2.75) is 31.5 Å². The standard InChI is InChI=1S/C22H22N8O9S/c1-22(2,20(36)37)39-30-16(11-7-40-21(23)27-11)19(35)28-15-10(26-18(15)34)5-25-17(33)9-4-14(38-29-9)8-3-12(31)13(32)6-24-8/h3-4,6-7,10,15,32H,5H2,1-2H3,(H2,23,27)(H,24,31)(H,25,33)(H,26,34)(H,28,35)(H,36,37). The summed E-state index contributed by atoms with van der Waals surface area (Å²) < 4.78 is 5.07. The fourth-order valence-electron chi connectivity index (χ4n) is 3.20. The molecule has 0 aliphatic carbocycles. The Balaban J connectivity index is 1.40. The van der Waals surface area contributed by atoms with E-state index < -0.39 is 58.3 Å². The molecule has 2 unspecified atom stereocenters. The second-order valence-corrected chi connectivity index (χ2v) is 9.76. The molecule has 3 amide bonds. The van der Waals surface area contributed by atoms with Gasteiger partial charge in [-0.15, -0.1) is 11.3 Å².